The lowest BCUT2D eigenvalue weighted by Crippen LogP contribution is -2.17. The van der Waals surface area contributed by atoms with Crippen LogP contribution in [0.5, 0.6) is 0 Å². The molecule has 0 unspecified atom stereocenters. The number of fused-ring (bicyclic) bond motifs is 1. The third-order valence-corrected chi connectivity index (χ3v) is 6.06. The Morgan fingerprint density at radius 2 is 1.54 bits per heavy atom. The van der Waals surface area contributed by atoms with Gasteiger partial charge in [0.25, 0.3) is 10.0 Å². The van der Waals surface area contributed by atoms with Crippen molar-refractivity contribution in [2.75, 3.05) is 11.1 Å². The number of nitrogens with one attached hydrogen (secondary N) is 1. The van der Waals surface area contributed by atoms with Crippen LogP contribution >= 0.6 is 23.2 Å². The number of hydrogen-bond acceptors (Lipinski definition) is 6. The van der Waals surface area contributed by atoms with Gasteiger partial charge in [-0.15, -0.1) is 9.19 Å². The van der Waals surface area contributed by atoms with Gasteiger partial charge in [0.05, 0.1) is 4.90 Å². The maximum absolute atomic E-state index is 13.0. The summed E-state index contributed by atoms with van der Waals surface area (Å²) < 4.78 is 26.7. The number of benzene rings is 3. The van der Waals surface area contributed by atoms with E-state index in [-0.39, 0.29) is 16.8 Å². The molecule has 0 amide bonds. The summed E-state index contributed by atoms with van der Waals surface area (Å²) in [5, 5.41) is 9.58. The van der Waals surface area contributed by atoms with Gasteiger partial charge in [0.1, 0.15) is 0 Å². The lowest BCUT2D eigenvalue weighted by Gasteiger charge is -2.07. The number of halogens is 2. The van der Waals surface area contributed by atoms with Crippen molar-refractivity contribution in [2.24, 2.45) is 0 Å². The molecule has 28 heavy (non-hydrogen) atoms. The molecule has 4 aromatic rings. The van der Waals surface area contributed by atoms with Crippen LogP contribution in [0.2, 0.25) is 10.0 Å². The van der Waals surface area contributed by atoms with Gasteiger partial charge >= 0.3 is 0 Å². The number of anilines is 3. The third kappa shape index (κ3) is 3.49. The third-order valence-electron chi connectivity index (χ3n) is 4.00. The maximum Gasteiger partial charge on any atom is 0.286 e. The van der Waals surface area contributed by atoms with E-state index in [1.165, 1.54) is 12.1 Å². The molecule has 0 atom stereocenters. The Hall–Kier alpha value is -2.81. The summed E-state index contributed by atoms with van der Waals surface area (Å²) in [5.74, 6) is -0.205. The predicted molar refractivity (Wildman–Crippen MR) is 111 cm³/mol. The molecule has 4 rings (SSSR count). The molecule has 3 aromatic carbocycles. The highest BCUT2D eigenvalue weighted by Crippen LogP contribution is 2.25. The van der Waals surface area contributed by atoms with E-state index in [2.05, 4.69) is 15.4 Å². The highest BCUT2D eigenvalue weighted by Gasteiger charge is 2.23. The summed E-state index contributed by atoms with van der Waals surface area (Å²) >= 11 is 11.8. The largest absolute Gasteiger partial charge is 0.367 e. The zero-order valence-corrected chi connectivity index (χ0v) is 16.5. The van der Waals surface area contributed by atoms with Gasteiger partial charge in [0, 0.05) is 15.7 Å². The van der Waals surface area contributed by atoms with Gasteiger partial charge in [-0.2, -0.15) is 13.4 Å². The van der Waals surface area contributed by atoms with E-state index >= 15 is 0 Å². The minimum atomic E-state index is -4.03. The Morgan fingerprint density at radius 1 is 0.893 bits per heavy atom. The molecule has 0 saturated carbocycles. The molecule has 0 aliphatic heterocycles. The normalized spacial score (nSPS) is 11.6. The van der Waals surface area contributed by atoms with Gasteiger partial charge in [0.2, 0.25) is 11.9 Å². The summed E-state index contributed by atoms with van der Waals surface area (Å²) in [6, 6.07) is 16.7. The minimum absolute atomic E-state index is 0.0389. The SMILES string of the molecule is Nc1nc(Nc2ccc(Cl)cc2)nn1S(=O)(=O)c1ccc2cc(Cl)ccc2c1. The fourth-order valence-electron chi connectivity index (χ4n) is 2.66. The number of nitrogens with two attached hydrogens (primary N) is 1. The molecule has 142 valence electrons. The Bertz CT molecular complexity index is 1290. The molecular weight excluding hydrogens is 421 g/mol. The zero-order valence-electron chi connectivity index (χ0n) is 14.2. The van der Waals surface area contributed by atoms with Crippen LogP contribution in [0.15, 0.2) is 65.6 Å². The number of nitrogens with zero attached hydrogens (tertiary/aromatic N) is 3. The van der Waals surface area contributed by atoms with E-state index in [0.717, 1.165) is 10.8 Å². The molecule has 3 N–H and O–H groups in total. The van der Waals surface area contributed by atoms with Crippen LogP contribution in [0.25, 0.3) is 10.8 Å². The van der Waals surface area contributed by atoms with Crippen molar-refractivity contribution in [3.8, 4) is 0 Å². The quantitative estimate of drug-likeness (QED) is 0.497. The number of aromatic nitrogens is 3. The molecule has 0 bridgehead atoms. The van der Waals surface area contributed by atoms with Gasteiger partial charge < -0.3 is 11.1 Å². The molecule has 0 fully saturated rings. The maximum atomic E-state index is 13.0. The number of nitrogen functional groups attached to an aromatic ring is 1. The van der Waals surface area contributed by atoms with Crippen LogP contribution in [-0.2, 0) is 10.0 Å². The average molecular weight is 434 g/mol. The first-order chi connectivity index (χ1) is 13.3. The van der Waals surface area contributed by atoms with Crippen LogP contribution < -0.4 is 11.1 Å². The van der Waals surface area contributed by atoms with Gasteiger partial charge in [-0.3, -0.25) is 0 Å². The molecule has 0 aliphatic rings. The van der Waals surface area contributed by atoms with Crippen LogP contribution in [0.1, 0.15) is 0 Å². The first-order valence-electron chi connectivity index (χ1n) is 8.03. The van der Waals surface area contributed by atoms with Gasteiger partial charge in [-0.1, -0.05) is 35.3 Å². The Kier molecular flexibility index (Phi) is 4.62. The zero-order chi connectivity index (χ0) is 19.9. The van der Waals surface area contributed by atoms with Gasteiger partial charge in [0.15, 0.2) is 0 Å². The second kappa shape index (κ2) is 6.97. The molecule has 1 heterocycles. The summed E-state index contributed by atoms with van der Waals surface area (Å²) in [5.41, 5.74) is 6.45. The summed E-state index contributed by atoms with van der Waals surface area (Å²) in [4.78, 5) is 4.02. The first-order valence-corrected chi connectivity index (χ1v) is 10.2. The Labute approximate surface area is 170 Å². The Balaban J connectivity index is 1.70. The van der Waals surface area contributed by atoms with Crippen molar-refractivity contribution in [3.63, 3.8) is 0 Å². The molecule has 0 spiro atoms. The van der Waals surface area contributed by atoms with Crippen molar-refractivity contribution >= 4 is 61.6 Å². The number of hydrogen-bond donors (Lipinski definition) is 2. The van der Waals surface area contributed by atoms with Gasteiger partial charge in [-0.05, 0) is 59.3 Å². The van der Waals surface area contributed by atoms with Crippen molar-refractivity contribution in [1.82, 2.24) is 14.2 Å². The van der Waals surface area contributed by atoms with Crippen molar-refractivity contribution < 1.29 is 8.42 Å². The predicted octanol–water partition coefficient (Wildman–Crippen LogP) is 4.30. The average Bonchev–Trinajstić information content (AvgIpc) is 3.04. The Morgan fingerprint density at radius 3 is 2.29 bits per heavy atom. The first kappa shape index (κ1) is 18.5. The highest BCUT2D eigenvalue weighted by molar-refractivity contribution is 7.90. The minimum Gasteiger partial charge on any atom is -0.367 e. The van der Waals surface area contributed by atoms with Crippen molar-refractivity contribution in [1.29, 1.82) is 0 Å². The summed E-state index contributed by atoms with van der Waals surface area (Å²) in [7, 11) is -4.03. The molecule has 1 aromatic heterocycles. The highest BCUT2D eigenvalue weighted by atomic mass is 35.5. The lowest BCUT2D eigenvalue weighted by molar-refractivity contribution is 0.581. The monoisotopic (exact) mass is 433 g/mol. The molecule has 7 nitrogen and oxygen atoms in total. The van der Waals surface area contributed by atoms with Crippen LogP contribution in [0, 0.1) is 0 Å². The van der Waals surface area contributed by atoms with E-state index in [0.29, 0.717) is 19.8 Å². The van der Waals surface area contributed by atoms with E-state index in [1.54, 1.807) is 48.5 Å². The molecule has 0 radical (unpaired) electrons. The molecule has 0 saturated heterocycles. The smallest absolute Gasteiger partial charge is 0.286 e. The van der Waals surface area contributed by atoms with E-state index in [9.17, 15) is 8.42 Å². The molecular formula is C18H13Cl2N5O2S. The fraction of sp³-hybridized carbons (Fsp3) is 0. The number of rotatable bonds is 4. The van der Waals surface area contributed by atoms with E-state index in [4.69, 9.17) is 28.9 Å². The fourth-order valence-corrected chi connectivity index (χ4v) is 4.15. The second-order valence-corrected chi connectivity index (χ2v) is 8.57. The topological polar surface area (TPSA) is 103 Å². The summed E-state index contributed by atoms with van der Waals surface area (Å²) in [6.07, 6.45) is 0. The second-order valence-electron chi connectivity index (χ2n) is 5.93. The lowest BCUT2D eigenvalue weighted by atomic mass is 10.1. The van der Waals surface area contributed by atoms with Crippen LogP contribution in [0.3, 0.4) is 0 Å². The van der Waals surface area contributed by atoms with E-state index in [1.807, 2.05) is 0 Å². The van der Waals surface area contributed by atoms with E-state index < -0.39 is 10.0 Å². The standard InChI is InChI=1S/C18H13Cl2N5O2S/c19-13-4-6-15(7-5-13)22-18-23-17(21)25(24-18)28(26,27)16-8-2-11-9-14(20)3-1-12(11)10-16/h1-10H,(H3,21,22,23,24). The summed E-state index contributed by atoms with van der Waals surface area (Å²) in [6.45, 7) is 0. The van der Waals surface area contributed by atoms with Gasteiger partial charge in [-0.25, -0.2) is 0 Å². The van der Waals surface area contributed by atoms with Crippen LogP contribution in [-0.4, -0.2) is 22.6 Å². The molecule has 10 heteroatoms. The molecule has 0 aliphatic carbocycles. The van der Waals surface area contributed by atoms with Crippen LogP contribution in [0.4, 0.5) is 17.6 Å². The van der Waals surface area contributed by atoms with Crippen molar-refractivity contribution in [2.45, 2.75) is 4.90 Å². The van der Waals surface area contributed by atoms with Crippen molar-refractivity contribution in [3.05, 3.63) is 70.7 Å².